The molecule has 1 saturated heterocycles. The van der Waals surface area contributed by atoms with Gasteiger partial charge in [0.15, 0.2) is 11.5 Å². The molecule has 0 bridgehead atoms. The molecule has 2 rings (SSSR count). The van der Waals surface area contributed by atoms with Gasteiger partial charge in [-0.05, 0) is 23.3 Å². The van der Waals surface area contributed by atoms with Crippen molar-refractivity contribution in [2.75, 3.05) is 40.4 Å². The molecule has 106 valence electrons. The Kier molecular flexibility index (Phi) is 4.99. The van der Waals surface area contributed by atoms with E-state index in [1.165, 1.54) is 0 Å². The van der Waals surface area contributed by atoms with Gasteiger partial charge in [-0.1, -0.05) is 0 Å². The molecule has 1 fully saturated rings. The zero-order chi connectivity index (χ0) is 13.7. The molecule has 0 unspecified atom stereocenters. The summed E-state index contributed by atoms with van der Waals surface area (Å²) in [6, 6.07) is 3.62. The molecule has 0 radical (unpaired) electrons. The maximum atomic E-state index is 13.2. The number of methoxy groups -OCH3 is 2. The predicted octanol–water partition coefficient (Wildman–Crippen LogP) is 1.58. The third kappa shape index (κ3) is 3.36. The van der Waals surface area contributed by atoms with Crippen LogP contribution >= 0.6 is 0 Å². The van der Waals surface area contributed by atoms with Crippen LogP contribution in [-0.4, -0.2) is 45.3 Å². The molecule has 0 amide bonds. The van der Waals surface area contributed by atoms with Gasteiger partial charge in [-0.3, -0.25) is 4.90 Å². The third-order valence-corrected chi connectivity index (χ3v) is 3.45. The highest BCUT2D eigenvalue weighted by Crippen LogP contribution is 2.31. The zero-order valence-corrected chi connectivity index (χ0v) is 11.5. The van der Waals surface area contributed by atoms with E-state index in [1.54, 1.807) is 20.3 Å². The molecule has 0 spiro atoms. The van der Waals surface area contributed by atoms with Gasteiger partial charge in [0.25, 0.3) is 0 Å². The number of nitrogens with one attached hydrogen (secondary N) is 1. The van der Waals surface area contributed by atoms with Crippen molar-refractivity contribution in [3.8, 4) is 11.5 Å². The Morgan fingerprint density at radius 3 is 2.21 bits per heavy atom. The van der Waals surface area contributed by atoms with Crippen molar-refractivity contribution < 1.29 is 13.9 Å². The lowest BCUT2D eigenvalue weighted by atomic mass is 10.1. The maximum absolute atomic E-state index is 13.2. The first-order valence-electron chi connectivity index (χ1n) is 6.51. The van der Waals surface area contributed by atoms with E-state index in [9.17, 15) is 4.39 Å². The Morgan fingerprint density at radius 2 is 1.68 bits per heavy atom. The minimum absolute atomic E-state index is 0.484. The molecular weight excluding hydrogens is 247 g/mol. The van der Waals surface area contributed by atoms with Gasteiger partial charge in [-0.15, -0.1) is 0 Å². The number of rotatable bonds is 5. The van der Waals surface area contributed by atoms with Crippen LogP contribution in [0.15, 0.2) is 12.1 Å². The molecule has 0 atom stereocenters. The van der Waals surface area contributed by atoms with Gasteiger partial charge in [0.05, 0.1) is 14.2 Å². The second kappa shape index (κ2) is 6.73. The number of hydrogen-bond donors (Lipinski definition) is 1. The van der Waals surface area contributed by atoms with Gasteiger partial charge >= 0.3 is 0 Å². The van der Waals surface area contributed by atoms with Crippen molar-refractivity contribution in [2.24, 2.45) is 0 Å². The van der Waals surface area contributed by atoms with Crippen LogP contribution in [0.5, 0.6) is 11.5 Å². The lowest BCUT2D eigenvalue weighted by molar-refractivity contribution is 0.231. The van der Waals surface area contributed by atoms with Crippen LogP contribution in [0, 0.1) is 0 Å². The number of halogens is 1. The van der Waals surface area contributed by atoms with E-state index in [2.05, 4.69) is 10.2 Å². The molecule has 1 aliphatic rings. The highest BCUT2D eigenvalue weighted by molar-refractivity contribution is 5.47. The Labute approximate surface area is 113 Å². The summed E-state index contributed by atoms with van der Waals surface area (Å²) in [5, 5.41) is 3.31. The van der Waals surface area contributed by atoms with Gasteiger partial charge in [-0.2, -0.15) is 0 Å². The smallest absolute Gasteiger partial charge is 0.161 e. The fraction of sp³-hybridized carbons (Fsp3) is 0.571. The number of ether oxygens (including phenoxy) is 2. The lowest BCUT2D eigenvalue weighted by Gasteiger charge is -2.28. The molecule has 5 heteroatoms. The number of alkyl halides is 1. The van der Waals surface area contributed by atoms with Crippen LogP contribution in [0.3, 0.4) is 0 Å². The standard InChI is InChI=1S/C14H21FN2O2/c1-18-13-7-11(9-15)12(8-14(13)19-2)10-17-5-3-16-4-6-17/h7-8,16H,3-6,9-10H2,1-2H3. The van der Waals surface area contributed by atoms with Crippen LogP contribution < -0.4 is 14.8 Å². The average molecular weight is 268 g/mol. The van der Waals surface area contributed by atoms with E-state index >= 15 is 0 Å². The van der Waals surface area contributed by atoms with Crippen LogP contribution in [0.25, 0.3) is 0 Å². The summed E-state index contributed by atoms with van der Waals surface area (Å²) < 4.78 is 23.7. The fourth-order valence-corrected chi connectivity index (χ4v) is 2.34. The minimum Gasteiger partial charge on any atom is -0.493 e. The number of piperazine rings is 1. The number of hydrogen-bond acceptors (Lipinski definition) is 4. The number of benzene rings is 1. The van der Waals surface area contributed by atoms with Crippen molar-refractivity contribution in [2.45, 2.75) is 13.2 Å². The van der Waals surface area contributed by atoms with Gasteiger partial charge < -0.3 is 14.8 Å². The first-order chi connectivity index (χ1) is 9.28. The summed E-state index contributed by atoms with van der Waals surface area (Å²) in [5.74, 6) is 1.24. The summed E-state index contributed by atoms with van der Waals surface area (Å²) in [5.41, 5.74) is 1.65. The van der Waals surface area contributed by atoms with E-state index in [1.807, 2.05) is 6.07 Å². The average Bonchev–Trinajstić information content (AvgIpc) is 2.47. The topological polar surface area (TPSA) is 33.7 Å². The summed E-state index contributed by atoms with van der Waals surface area (Å²) in [6.45, 7) is 4.21. The molecule has 1 aromatic carbocycles. The minimum atomic E-state index is -0.484. The Morgan fingerprint density at radius 1 is 1.11 bits per heavy atom. The van der Waals surface area contributed by atoms with Crippen molar-refractivity contribution in [1.29, 1.82) is 0 Å². The summed E-state index contributed by atoms with van der Waals surface area (Å²) in [7, 11) is 3.16. The zero-order valence-electron chi connectivity index (χ0n) is 11.5. The molecule has 0 aliphatic carbocycles. The molecule has 1 aromatic rings. The van der Waals surface area contributed by atoms with Crippen molar-refractivity contribution in [1.82, 2.24) is 10.2 Å². The van der Waals surface area contributed by atoms with Crippen molar-refractivity contribution in [3.63, 3.8) is 0 Å². The van der Waals surface area contributed by atoms with E-state index in [0.717, 1.165) is 38.3 Å². The van der Waals surface area contributed by atoms with Gasteiger partial charge in [0.2, 0.25) is 0 Å². The van der Waals surface area contributed by atoms with Crippen molar-refractivity contribution >= 4 is 0 Å². The molecular formula is C14H21FN2O2. The predicted molar refractivity (Wildman–Crippen MR) is 72.5 cm³/mol. The van der Waals surface area contributed by atoms with Gasteiger partial charge in [-0.25, -0.2) is 4.39 Å². The van der Waals surface area contributed by atoms with Gasteiger partial charge in [0, 0.05) is 32.7 Å². The van der Waals surface area contributed by atoms with E-state index < -0.39 is 6.67 Å². The molecule has 1 aliphatic heterocycles. The quantitative estimate of drug-likeness (QED) is 0.879. The lowest BCUT2D eigenvalue weighted by Crippen LogP contribution is -2.43. The van der Waals surface area contributed by atoms with Crippen LogP contribution in [0.2, 0.25) is 0 Å². The second-order valence-corrected chi connectivity index (χ2v) is 4.64. The highest BCUT2D eigenvalue weighted by atomic mass is 19.1. The fourth-order valence-electron chi connectivity index (χ4n) is 2.34. The summed E-state index contributed by atoms with van der Waals surface area (Å²) in [6.07, 6.45) is 0. The normalized spacial score (nSPS) is 16.4. The summed E-state index contributed by atoms with van der Waals surface area (Å²) >= 11 is 0. The van der Waals surface area contributed by atoms with E-state index in [4.69, 9.17) is 9.47 Å². The third-order valence-electron chi connectivity index (χ3n) is 3.45. The second-order valence-electron chi connectivity index (χ2n) is 4.64. The molecule has 19 heavy (non-hydrogen) atoms. The molecule has 4 nitrogen and oxygen atoms in total. The summed E-state index contributed by atoms with van der Waals surface area (Å²) in [4.78, 5) is 2.32. The van der Waals surface area contributed by atoms with Crippen LogP contribution in [0.1, 0.15) is 11.1 Å². The molecule has 0 saturated carbocycles. The first kappa shape index (κ1) is 14.1. The molecule has 0 aromatic heterocycles. The van der Waals surface area contributed by atoms with Crippen LogP contribution in [0.4, 0.5) is 4.39 Å². The van der Waals surface area contributed by atoms with Gasteiger partial charge in [0.1, 0.15) is 6.67 Å². The molecule has 1 N–H and O–H groups in total. The first-order valence-corrected chi connectivity index (χ1v) is 6.51. The molecule has 1 heterocycles. The Bertz CT molecular complexity index is 420. The maximum Gasteiger partial charge on any atom is 0.161 e. The Hall–Kier alpha value is -1.33. The van der Waals surface area contributed by atoms with Crippen molar-refractivity contribution in [3.05, 3.63) is 23.3 Å². The SMILES string of the molecule is COc1cc(CF)c(CN2CCNCC2)cc1OC. The van der Waals surface area contributed by atoms with E-state index in [-0.39, 0.29) is 0 Å². The Balaban J connectivity index is 2.21. The van der Waals surface area contributed by atoms with E-state index in [0.29, 0.717) is 17.1 Å². The number of nitrogens with zero attached hydrogens (tertiary/aromatic N) is 1. The monoisotopic (exact) mass is 268 g/mol. The largest absolute Gasteiger partial charge is 0.493 e. The highest BCUT2D eigenvalue weighted by Gasteiger charge is 2.15. The van der Waals surface area contributed by atoms with Crippen LogP contribution in [-0.2, 0) is 13.2 Å².